The molecule has 1 atom stereocenters. The predicted octanol–water partition coefficient (Wildman–Crippen LogP) is 1.54. The largest absolute Gasteiger partial charge is 0.464 e. The first kappa shape index (κ1) is 13.8. The van der Waals surface area contributed by atoms with Gasteiger partial charge in [-0.15, -0.1) is 0 Å². The highest BCUT2D eigenvalue weighted by atomic mass is 16.6. The van der Waals surface area contributed by atoms with Crippen LogP contribution in [0.1, 0.15) is 13.8 Å². The highest BCUT2D eigenvalue weighted by Crippen LogP contribution is 2.24. The third kappa shape index (κ3) is 3.34. The summed E-state index contributed by atoms with van der Waals surface area (Å²) in [6, 6.07) is 3.44. The van der Waals surface area contributed by atoms with Gasteiger partial charge in [0.1, 0.15) is 6.04 Å². The summed E-state index contributed by atoms with van der Waals surface area (Å²) < 4.78 is 4.83. The number of rotatable bonds is 5. The van der Waals surface area contributed by atoms with E-state index in [1.807, 2.05) is 0 Å². The molecule has 0 saturated carbocycles. The van der Waals surface area contributed by atoms with E-state index in [9.17, 15) is 14.9 Å². The van der Waals surface area contributed by atoms with Crippen molar-refractivity contribution in [3.63, 3.8) is 0 Å². The van der Waals surface area contributed by atoms with Crippen LogP contribution in [-0.2, 0) is 9.53 Å². The van der Waals surface area contributed by atoms with Gasteiger partial charge < -0.3 is 15.8 Å². The molecule has 0 saturated heterocycles. The number of esters is 1. The van der Waals surface area contributed by atoms with Crippen molar-refractivity contribution in [1.82, 2.24) is 0 Å². The van der Waals surface area contributed by atoms with Crippen molar-refractivity contribution >= 4 is 23.0 Å². The highest BCUT2D eigenvalue weighted by Gasteiger charge is 2.16. The standard InChI is InChI=1S/C11H15N3O4/c1-3-18-11(15)7(2)13-10-5-4-8(14(16)17)6-9(10)12/h4-7,13H,3,12H2,1-2H3. The van der Waals surface area contributed by atoms with Gasteiger partial charge in [0, 0.05) is 12.1 Å². The average Bonchev–Trinajstić information content (AvgIpc) is 2.31. The topological polar surface area (TPSA) is 107 Å². The Morgan fingerprint density at radius 1 is 1.61 bits per heavy atom. The van der Waals surface area contributed by atoms with E-state index in [0.29, 0.717) is 12.3 Å². The molecule has 1 aromatic carbocycles. The molecule has 0 aliphatic carbocycles. The van der Waals surface area contributed by atoms with Crippen molar-refractivity contribution in [2.45, 2.75) is 19.9 Å². The second kappa shape index (κ2) is 5.85. The van der Waals surface area contributed by atoms with Crippen molar-refractivity contribution in [3.8, 4) is 0 Å². The second-order valence-electron chi connectivity index (χ2n) is 3.65. The van der Waals surface area contributed by atoms with Gasteiger partial charge in [0.25, 0.3) is 5.69 Å². The number of ether oxygens (including phenoxy) is 1. The fraction of sp³-hybridized carbons (Fsp3) is 0.364. The van der Waals surface area contributed by atoms with Crippen LogP contribution in [0, 0.1) is 10.1 Å². The maximum absolute atomic E-state index is 11.4. The Labute approximate surface area is 104 Å². The van der Waals surface area contributed by atoms with Gasteiger partial charge in [-0.3, -0.25) is 10.1 Å². The maximum Gasteiger partial charge on any atom is 0.328 e. The van der Waals surface area contributed by atoms with Crippen LogP contribution in [-0.4, -0.2) is 23.5 Å². The summed E-state index contributed by atoms with van der Waals surface area (Å²) in [5.41, 5.74) is 6.24. The van der Waals surface area contributed by atoms with Gasteiger partial charge in [-0.25, -0.2) is 4.79 Å². The smallest absolute Gasteiger partial charge is 0.328 e. The van der Waals surface area contributed by atoms with Gasteiger partial charge in [-0.05, 0) is 19.9 Å². The van der Waals surface area contributed by atoms with Crippen molar-refractivity contribution in [3.05, 3.63) is 28.3 Å². The molecular weight excluding hydrogens is 238 g/mol. The highest BCUT2D eigenvalue weighted by molar-refractivity contribution is 5.81. The number of nitro benzene ring substituents is 1. The number of hydrogen-bond donors (Lipinski definition) is 2. The van der Waals surface area contributed by atoms with E-state index >= 15 is 0 Å². The van der Waals surface area contributed by atoms with E-state index in [0.717, 1.165) is 0 Å². The number of carbonyl (C=O) groups is 1. The Morgan fingerprint density at radius 3 is 2.78 bits per heavy atom. The number of benzene rings is 1. The number of nitrogens with two attached hydrogens (primary N) is 1. The first-order valence-electron chi connectivity index (χ1n) is 5.42. The minimum Gasteiger partial charge on any atom is -0.464 e. The zero-order valence-electron chi connectivity index (χ0n) is 10.2. The van der Waals surface area contributed by atoms with Crippen LogP contribution in [0.15, 0.2) is 18.2 Å². The van der Waals surface area contributed by atoms with E-state index in [1.54, 1.807) is 13.8 Å². The molecule has 3 N–H and O–H groups in total. The average molecular weight is 253 g/mol. The predicted molar refractivity (Wildman–Crippen MR) is 67.2 cm³/mol. The Morgan fingerprint density at radius 2 is 2.28 bits per heavy atom. The molecule has 0 heterocycles. The van der Waals surface area contributed by atoms with Crippen LogP contribution in [0.3, 0.4) is 0 Å². The molecule has 0 aromatic heterocycles. The number of nitrogen functional groups attached to an aromatic ring is 1. The Balaban J connectivity index is 2.79. The fourth-order valence-corrected chi connectivity index (χ4v) is 1.35. The summed E-state index contributed by atoms with van der Waals surface area (Å²) in [6.45, 7) is 3.63. The Kier molecular flexibility index (Phi) is 4.47. The van der Waals surface area contributed by atoms with Crippen LogP contribution in [0.25, 0.3) is 0 Å². The SMILES string of the molecule is CCOC(=O)C(C)Nc1ccc([N+](=O)[O-])cc1N. The monoisotopic (exact) mass is 253 g/mol. The molecule has 98 valence electrons. The molecule has 1 aromatic rings. The van der Waals surface area contributed by atoms with E-state index in [2.05, 4.69) is 5.32 Å². The Hall–Kier alpha value is -2.31. The first-order chi connectivity index (χ1) is 8.45. The van der Waals surface area contributed by atoms with Gasteiger partial charge >= 0.3 is 5.97 Å². The zero-order chi connectivity index (χ0) is 13.7. The third-order valence-corrected chi connectivity index (χ3v) is 2.26. The summed E-state index contributed by atoms with van der Waals surface area (Å²) in [5, 5.41) is 13.4. The molecule has 18 heavy (non-hydrogen) atoms. The summed E-state index contributed by atoms with van der Waals surface area (Å²) in [6.07, 6.45) is 0. The second-order valence-corrected chi connectivity index (χ2v) is 3.65. The van der Waals surface area contributed by atoms with Crippen LogP contribution in [0.2, 0.25) is 0 Å². The van der Waals surface area contributed by atoms with E-state index in [1.165, 1.54) is 18.2 Å². The lowest BCUT2D eigenvalue weighted by molar-refractivity contribution is -0.384. The molecule has 7 heteroatoms. The zero-order valence-corrected chi connectivity index (χ0v) is 10.2. The number of carbonyl (C=O) groups excluding carboxylic acids is 1. The lowest BCUT2D eigenvalue weighted by atomic mass is 10.2. The van der Waals surface area contributed by atoms with Gasteiger partial charge in [0.2, 0.25) is 0 Å². The fourth-order valence-electron chi connectivity index (χ4n) is 1.35. The summed E-state index contributed by atoms with van der Waals surface area (Å²) in [4.78, 5) is 21.4. The third-order valence-electron chi connectivity index (χ3n) is 2.26. The molecule has 0 spiro atoms. The van der Waals surface area contributed by atoms with E-state index in [4.69, 9.17) is 10.5 Å². The lowest BCUT2D eigenvalue weighted by Crippen LogP contribution is -2.28. The van der Waals surface area contributed by atoms with Gasteiger partial charge in [0.15, 0.2) is 0 Å². The van der Waals surface area contributed by atoms with Crippen LogP contribution >= 0.6 is 0 Å². The minimum atomic E-state index is -0.575. The molecule has 0 aliphatic heterocycles. The minimum absolute atomic E-state index is 0.0955. The van der Waals surface area contributed by atoms with E-state index < -0.39 is 16.9 Å². The summed E-state index contributed by atoms with van der Waals surface area (Å²) in [5.74, 6) is -0.407. The number of hydrogen-bond acceptors (Lipinski definition) is 6. The summed E-state index contributed by atoms with van der Waals surface area (Å²) in [7, 11) is 0. The summed E-state index contributed by atoms with van der Waals surface area (Å²) >= 11 is 0. The van der Waals surface area contributed by atoms with Crippen LogP contribution in [0.4, 0.5) is 17.1 Å². The van der Waals surface area contributed by atoms with Crippen molar-refractivity contribution in [2.75, 3.05) is 17.7 Å². The molecule has 0 radical (unpaired) electrons. The molecule has 1 rings (SSSR count). The number of nitrogens with zero attached hydrogens (tertiary/aromatic N) is 1. The van der Waals surface area contributed by atoms with Crippen molar-refractivity contribution in [2.24, 2.45) is 0 Å². The molecule has 0 amide bonds. The van der Waals surface area contributed by atoms with Gasteiger partial charge in [0.05, 0.1) is 22.9 Å². The quantitative estimate of drug-likeness (QED) is 0.356. The van der Waals surface area contributed by atoms with E-state index in [-0.39, 0.29) is 11.4 Å². The number of nitrogens with one attached hydrogen (secondary N) is 1. The van der Waals surface area contributed by atoms with Crippen molar-refractivity contribution in [1.29, 1.82) is 0 Å². The first-order valence-corrected chi connectivity index (χ1v) is 5.42. The number of anilines is 2. The molecule has 0 aliphatic rings. The maximum atomic E-state index is 11.4. The Bertz CT molecular complexity index is 462. The van der Waals surface area contributed by atoms with Crippen LogP contribution in [0.5, 0.6) is 0 Å². The van der Waals surface area contributed by atoms with Gasteiger partial charge in [-0.1, -0.05) is 0 Å². The normalized spacial score (nSPS) is 11.7. The molecule has 7 nitrogen and oxygen atoms in total. The number of non-ortho nitro benzene ring substituents is 1. The number of nitro groups is 1. The van der Waals surface area contributed by atoms with Crippen LogP contribution < -0.4 is 11.1 Å². The molecular formula is C11H15N3O4. The lowest BCUT2D eigenvalue weighted by Gasteiger charge is -2.15. The molecule has 0 fully saturated rings. The molecule has 0 bridgehead atoms. The van der Waals surface area contributed by atoms with Crippen molar-refractivity contribution < 1.29 is 14.5 Å². The van der Waals surface area contributed by atoms with Gasteiger partial charge in [-0.2, -0.15) is 0 Å². The molecule has 1 unspecified atom stereocenters.